The van der Waals surface area contributed by atoms with Gasteiger partial charge in [-0.25, -0.2) is 4.39 Å². The van der Waals surface area contributed by atoms with Crippen molar-refractivity contribution >= 4 is 0 Å². The SMILES string of the molecule is C[C@@H]1CC[C@@H](N)[C@H](F)C1. The summed E-state index contributed by atoms with van der Waals surface area (Å²) in [7, 11) is 0. The highest BCUT2D eigenvalue weighted by molar-refractivity contribution is 4.80. The third-order valence-corrected chi connectivity index (χ3v) is 2.08. The molecule has 1 nitrogen and oxygen atoms in total. The van der Waals surface area contributed by atoms with Crippen molar-refractivity contribution in [2.24, 2.45) is 11.7 Å². The summed E-state index contributed by atoms with van der Waals surface area (Å²) >= 11 is 0. The molecule has 2 heteroatoms. The van der Waals surface area contributed by atoms with Gasteiger partial charge in [0.2, 0.25) is 0 Å². The van der Waals surface area contributed by atoms with Crippen molar-refractivity contribution in [1.82, 2.24) is 0 Å². The lowest BCUT2D eigenvalue weighted by molar-refractivity contribution is 0.179. The van der Waals surface area contributed by atoms with Gasteiger partial charge in [0.25, 0.3) is 0 Å². The Balaban J connectivity index is 2.35. The molecule has 0 bridgehead atoms. The fourth-order valence-electron chi connectivity index (χ4n) is 1.33. The van der Waals surface area contributed by atoms with Crippen LogP contribution in [-0.4, -0.2) is 12.2 Å². The van der Waals surface area contributed by atoms with Crippen LogP contribution in [0.3, 0.4) is 0 Å². The average molecular weight is 131 g/mol. The second-order valence-electron chi connectivity index (χ2n) is 3.10. The van der Waals surface area contributed by atoms with Gasteiger partial charge in [-0.15, -0.1) is 0 Å². The highest BCUT2D eigenvalue weighted by Crippen LogP contribution is 2.24. The maximum atomic E-state index is 12.7. The molecule has 0 heterocycles. The van der Waals surface area contributed by atoms with E-state index in [2.05, 4.69) is 6.92 Å². The summed E-state index contributed by atoms with van der Waals surface area (Å²) in [6.07, 6.45) is 1.89. The van der Waals surface area contributed by atoms with E-state index in [1.165, 1.54) is 0 Å². The summed E-state index contributed by atoms with van der Waals surface area (Å²) in [5.74, 6) is 0.541. The molecule has 0 unspecified atom stereocenters. The van der Waals surface area contributed by atoms with Crippen LogP contribution >= 0.6 is 0 Å². The minimum absolute atomic E-state index is 0.179. The highest BCUT2D eigenvalue weighted by Gasteiger charge is 2.24. The van der Waals surface area contributed by atoms with Crippen LogP contribution in [0.2, 0.25) is 0 Å². The fraction of sp³-hybridized carbons (Fsp3) is 1.00. The molecule has 1 aliphatic carbocycles. The highest BCUT2D eigenvalue weighted by atomic mass is 19.1. The van der Waals surface area contributed by atoms with Crippen LogP contribution in [0.1, 0.15) is 26.2 Å². The Morgan fingerprint density at radius 1 is 1.44 bits per heavy atom. The average Bonchev–Trinajstić information content (AvgIpc) is 1.80. The van der Waals surface area contributed by atoms with Crippen molar-refractivity contribution in [2.75, 3.05) is 0 Å². The van der Waals surface area contributed by atoms with Gasteiger partial charge < -0.3 is 5.73 Å². The van der Waals surface area contributed by atoms with Crippen molar-refractivity contribution in [3.05, 3.63) is 0 Å². The first-order valence-electron chi connectivity index (χ1n) is 3.60. The molecule has 0 amide bonds. The Bertz CT molecular complexity index is 94.9. The van der Waals surface area contributed by atoms with E-state index in [1.807, 2.05) is 0 Å². The monoisotopic (exact) mass is 131 g/mol. The van der Waals surface area contributed by atoms with E-state index in [4.69, 9.17) is 5.73 Å². The van der Waals surface area contributed by atoms with Gasteiger partial charge >= 0.3 is 0 Å². The van der Waals surface area contributed by atoms with E-state index in [0.29, 0.717) is 12.3 Å². The first-order chi connectivity index (χ1) is 4.20. The normalized spacial score (nSPS) is 45.0. The predicted octanol–water partition coefficient (Wildman–Crippen LogP) is 1.47. The zero-order valence-corrected chi connectivity index (χ0v) is 5.81. The van der Waals surface area contributed by atoms with Crippen molar-refractivity contribution in [3.63, 3.8) is 0 Å². The van der Waals surface area contributed by atoms with Gasteiger partial charge in [0.05, 0.1) is 0 Å². The molecule has 2 N–H and O–H groups in total. The molecule has 1 aliphatic rings. The Morgan fingerprint density at radius 2 is 2.11 bits per heavy atom. The van der Waals surface area contributed by atoms with E-state index in [1.54, 1.807) is 0 Å². The summed E-state index contributed by atoms with van der Waals surface area (Å²) in [5, 5.41) is 0. The van der Waals surface area contributed by atoms with Crippen LogP contribution in [0.15, 0.2) is 0 Å². The topological polar surface area (TPSA) is 26.0 Å². The summed E-state index contributed by atoms with van der Waals surface area (Å²) in [6, 6.07) is -0.179. The molecule has 1 fully saturated rings. The molecular formula is C7H14FN. The van der Waals surface area contributed by atoms with Crippen LogP contribution in [0.5, 0.6) is 0 Å². The lowest BCUT2D eigenvalue weighted by Crippen LogP contribution is -2.36. The Labute approximate surface area is 55.4 Å². The van der Waals surface area contributed by atoms with Gasteiger partial charge in [0.1, 0.15) is 6.17 Å². The number of alkyl halides is 1. The third-order valence-electron chi connectivity index (χ3n) is 2.08. The minimum Gasteiger partial charge on any atom is -0.325 e. The standard InChI is InChI=1S/C7H14FN/c1-5-2-3-7(9)6(8)4-5/h5-7H,2-4,9H2,1H3/t5-,6-,7-/m1/s1. The molecule has 0 aromatic rings. The Kier molecular flexibility index (Phi) is 2.06. The summed E-state index contributed by atoms with van der Waals surface area (Å²) in [4.78, 5) is 0. The number of nitrogens with two attached hydrogens (primary N) is 1. The van der Waals surface area contributed by atoms with Crippen molar-refractivity contribution in [1.29, 1.82) is 0 Å². The Hall–Kier alpha value is -0.110. The van der Waals surface area contributed by atoms with E-state index < -0.39 is 6.17 Å². The van der Waals surface area contributed by atoms with Crippen LogP contribution in [0.25, 0.3) is 0 Å². The molecule has 0 aliphatic heterocycles. The molecule has 54 valence electrons. The number of hydrogen-bond acceptors (Lipinski definition) is 1. The summed E-state index contributed by atoms with van der Waals surface area (Å²) in [5.41, 5.74) is 5.47. The first kappa shape index (κ1) is 7.00. The van der Waals surface area contributed by atoms with Crippen molar-refractivity contribution < 1.29 is 4.39 Å². The molecule has 1 rings (SSSR count). The van der Waals surface area contributed by atoms with Gasteiger partial charge in [-0.2, -0.15) is 0 Å². The third kappa shape index (κ3) is 1.65. The van der Waals surface area contributed by atoms with Crippen LogP contribution in [0.4, 0.5) is 4.39 Å². The van der Waals surface area contributed by atoms with Crippen LogP contribution in [0, 0.1) is 5.92 Å². The van der Waals surface area contributed by atoms with Gasteiger partial charge in [-0.1, -0.05) is 6.92 Å². The van der Waals surface area contributed by atoms with E-state index in [0.717, 1.165) is 12.8 Å². The first-order valence-corrected chi connectivity index (χ1v) is 3.60. The number of halogens is 1. The lowest BCUT2D eigenvalue weighted by atomic mass is 9.86. The maximum Gasteiger partial charge on any atom is 0.115 e. The van der Waals surface area contributed by atoms with Gasteiger partial charge in [-0.05, 0) is 25.2 Å². The Morgan fingerprint density at radius 3 is 2.56 bits per heavy atom. The van der Waals surface area contributed by atoms with E-state index in [-0.39, 0.29) is 6.04 Å². The molecule has 0 aromatic carbocycles. The minimum atomic E-state index is -0.742. The summed E-state index contributed by atoms with van der Waals surface area (Å²) < 4.78 is 12.7. The predicted molar refractivity (Wildman–Crippen MR) is 35.9 cm³/mol. The molecule has 1 saturated carbocycles. The quantitative estimate of drug-likeness (QED) is 0.529. The van der Waals surface area contributed by atoms with Crippen molar-refractivity contribution in [3.8, 4) is 0 Å². The van der Waals surface area contributed by atoms with Crippen LogP contribution in [-0.2, 0) is 0 Å². The van der Waals surface area contributed by atoms with E-state index in [9.17, 15) is 4.39 Å². The maximum absolute atomic E-state index is 12.7. The molecule has 3 atom stereocenters. The smallest absolute Gasteiger partial charge is 0.115 e. The van der Waals surface area contributed by atoms with Gasteiger partial charge in [0, 0.05) is 6.04 Å². The van der Waals surface area contributed by atoms with Crippen LogP contribution < -0.4 is 5.73 Å². The van der Waals surface area contributed by atoms with Gasteiger partial charge in [0.15, 0.2) is 0 Å². The van der Waals surface area contributed by atoms with Crippen molar-refractivity contribution in [2.45, 2.75) is 38.4 Å². The zero-order valence-electron chi connectivity index (χ0n) is 5.81. The molecule has 0 aromatic heterocycles. The number of hydrogen-bond donors (Lipinski definition) is 1. The molecular weight excluding hydrogens is 117 g/mol. The summed E-state index contributed by atoms with van der Waals surface area (Å²) in [6.45, 7) is 2.08. The fourth-order valence-corrected chi connectivity index (χ4v) is 1.33. The second-order valence-corrected chi connectivity index (χ2v) is 3.10. The lowest BCUT2D eigenvalue weighted by Gasteiger charge is -2.26. The van der Waals surface area contributed by atoms with Gasteiger partial charge in [-0.3, -0.25) is 0 Å². The molecule has 9 heavy (non-hydrogen) atoms. The molecule has 0 saturated heterocycles. The number of rotatable bonds is 0. The largest absolute Gasteiger partial charge is 0.325 e. The molecule has 0 radical (unpaired) electrons. The zero-order chi connectivity index (χ0) is 6.85. The van der Waals surface area contributed by atoms with E-state index >= 15 is 0 Å². The molecule has 0 spiro atoms. The second kappa shape index (κ2) is 2.65.